The number of aromatic nitrogens is 3. The lowest BCUT2D eigenvalue weighted by molar-refractivity contribution is 0.772. The van der Waals surface area contributed by atoms with Crippen molar-refractivity contribution in [3.05, 3.63) is 66.7 Å². The molecule has 0 radical (unpaired) electrons. The fourth-order valence-corrected chi connectivity index (χ4v) is 2.76. The average molecular weight is 366 g/mol. The third-order valence-corrected chi connectivity index (χ3v) is 4.10. The van der Waals surface area contributed by atoms with Gasteiger partial charge in [0.2, 0.25) is 0 Å². The highest BCUT2D eigenvalue weighted by molar-refractivity contribution is 5.63. The van der Waals surface area contributed by atoms with Crippen LogP contribution in [0.2, 0.25) is 0 Å². The summed E-state index contributed by atoms with van der Waals surface area (Å²) >= 11 is 0. The molecule has 27 heavy (non-hydrogen) atoms. The number of rotatable bonds is 5. The van der Waals surface area contributed by atoms with E-state index in [1.165, 1.54) is 30.4 Å². The van der Waals surface area contributed by atoms with Gasteiger partial charge in [-0.05, 0) is 23.6 Å². The average Bonchev–Trinajstić information content (AvgIpc) is 3.21. The first-order valence-corrected chi connectivity index (χ1v) is 10.2. The minimum Gasteiger partial charge on any atom is -0.298 e. The third kappa shape index (κ3) is 6.67. The van der Waals surface area contributed by atoms with Crippen molar-refractivity contribution in [3.8, 4) is 17.1 Å². The molecule has 0 saturated carbocycles. The van der Waals surface area contributed by atoms with Crippen molar-refractivity contribution in [2.45, 2.75) is 66.7 Å². The van der Waals surface area contributed by atoms with E-state index in [4.69, 9.17) is 0 Å². The van der Waals surface area contributed by atoms with Crippen LogP contribution >= 0.6 is 0 Å². The van der Waals surface area contributed by atoms with E-state index >= 15 is 0 Å². The van der Waals surface area contributed by atoms with Crippen molar-refractivity contribution in [1.29, 1.82) is 0 Å². The fraction of sp³-hybridized carbons (Fsp3) is 0.417. The Hall–Kier alpha value is -2.42. The minimum absolute atomic E-state index is 0.463. The molecule has 3 heteroatoms. The topological polar surface area (TPSA) is 30.7 Å². The van der Waals surface area contributed by atoms with Crippen LogP contribution in [-0.2, 0) is 0 Å². The van der Waals surface area contributed by atoms with Crippen LogP contribution in [-0.4, -0.2) is 14.5 Å². The molecule has 2 aromatic heterocycles. The molecule has 0 aliphatic heterocycles. The Morgan fingerprint density at radius 2 is 1.63 bits per heavy atom. The fourth-order valence-electron chi connectivity index (χ4n) is 2.76. The Balaban J connectivity index is 0.000000454. The summed E-state index contributed by atoms with van der Waals surface area (Å²) in [5.74, 6) is 1.42. The zero-order valence-corrected chi connectivity index (χ0v) is 17.8. The molecule has 3 rings (SSSR count). The first kappa shape index (κ1) is 22.6. The van der Waals surface area contributed by atoms with E-state index in [-0.39, 0.29) is 0 Å². The number of pyridine rings is 1. The number of unbranched alkanes of at least 4 members (excludes halogenated alkanes) is 2. The van der Waals surface area contributed by atoms with E-state index in [9.17, 15) is 0 Å². The molecule has 0 aliphatic carbocycles. The maximum atomic E-state index is 4.54. The molecule has 0 saturated heterocycles. The van der Waals surface area contributed by atoms with E-state index in [0.717, 1.165) is 11.5 Å². The molecule has 0 fully saturated rings. The molecule has 0 N–H and O–H groups in total. The van der Waals surface area contributed by atoms with Crippen LogP contribution in [0.5, 0.6) is 0 Å². The summed E-state index contributed by atoms with van der Waals surface area (Å²) in [4.78, 5) is 8.73. The number of nitrogens with zero attached hydrogens (tertiary/aromatic N) is 3. The molecular formula is C24H35N3. The number of hydrogen-bond donors (Lipinski definition) is 0. The smallest absolute Gasteiger partial charge is 0.144 e. The van der Waals surface area contributed by atoms with Crippen molar-refractivity contribution in [2.24, 2.45) is 0 Å². The van der Waals surface area contributed by atoms with Gasteiger partial charge < -0.3 is 0 Å². The SMILES string of the molecule is CC.CC(C)c1ccccc1-c1nccn1-c1cccnc1.CCCCC. The van der Waals surface area contributed by atoms with Crippen molar-refractivity contribution in [2.75, 3.05) is 0 Å². The summed E-state index contributed by atoms with van der Waals surface area (Å²) in [6.45, 7) is 12.8. The monoisotopic (exact) mass is 365 g/mol. The van der Waals surface area contributed by atoms with Crippen molar-refractivity contribution in [3.63, 3.8) is 0 Å². The van der Waals surface area contributed by atoms with E-state index in [2.05, 4.69) is 66.5 Å². The molecule has 2 heterocycles. The van der Waals surface area contributed by atoms with E-state index in [0.29, 0.717) is 5.92 Å². The van der Waals surface area contributed by atoms with Crippen LogP contribution in [0, 0.1) is 0 Å². The predicted molar refractivity (Wildman–Crippen MR) is 117 cm³/mol. The minimum atomic E-state index is 0.463. The highest BCUT2D eigenvalue weighted by Gasteiger charge is 2.13. The van der Waals surface area contributed by atoms with Gasteiger partial charge in [-0.15, -0.1) is 0 Å². The Morgan fingerprint density at radius 1 is 0.926 bits per heavy atom. The quantitative estimate of drug-likeness (QED) is 0.475. The Morgan fingerprint density at radius 3 is 2.19 bits per heavy atom. The maximum absolute atomic E-state index is 4.54. The van der Waals surface area contributed by atoms with Gasteiger partial charge in [0.15, 0.2) is 0 Å². The van der Waals surface area contributed by atoms with Gasteiger partial charge in [-0.2, -0.15) is 0 Å². The van der Waals surface area contributed by atoms with Gasteiger partial charge in [-0.25, -0.2) is 4.98 Å². The molecular weight excluding hydrogens is 330 g/mol. The summed E-state index contributed by atoms with van der Waals surface area (Å²) in [5, 5.41) is 0. The van der Waals surface area contributed by atoms with Crippen molar-refractivity contribution in [1.82, 2.24) is 14.5 Å². The molecule has 0 unspecified atom stereocenters. The second-order valence-electron chi connectivity index (χ2n) is 6.43. The normalized spacial score (nSPS) is 9.89. The van der Waals surface area contributed by atoms with Crippen molar-refractivity contribution >= 4 is 0 Å². The van der Waals surface area contributed by atoms with Gasteiger partial charge in [0.25, 0.3) is 0 Å². The Labute approximate surface area is 165 Å². The summed E-state index contributed by atoms with van der Waals surface area (Å²) in [7, 11) is 0. The molecule has 0 spiro atoms. The van der Waals surface area contributed by atoms with Gasteiger partial charge in [-0.1, -0.05) is 85.1 Å². The molecule has 0 bridgehead atoms. The lowest BCUT2D eigenvalue weighted by Crippen LogP contribution is -2.00. The van der Waals surface area contributed by atoms with Crippen LogP contribution in [0.25, 0.3) is 17.1 Å². The van der Waals surface area contributed by atoms with Gasteiger partial charge in [-0.3, -0.25) is 9.55 Å². The van der Waals surface area contributed by atoms with E-state index in [1.54, 1.807) is 6.20 Å². The second-order valence-corrected chi connectivity index (χ2v) is 6.43. The van der Waals surface area contributed by atoms with Gasteiger partial charge in [0, 0.05) is 24.2 Å². The molecule has 146 valence electrons. The zero-order chi connectivity index (χ0) is 20.1. The summed E-state index contributed by atoms with van der Waals surface area (Å²) in [5.41, 5.74) is 3.51. The van der Waals surface area contributed by atoms with Gasteiger partial charge in [0.05, 0.1) is 11.9 Å². The summed E-state index contributed by atoms with van der Waals surface area (Å²) in [6, 6.07) is 12.4. The van der Waals surface area contributed by atoms with Crippen LogP contribution in [0.3, 0.4) is 0 Å². The van der Waals surface area contributed by atoms with Crippen LogP contribution in [0.4, 0.5) is 0 Å². The highest BCUT2D eigenvalue weighted by Crippen LogP contribution is 2.29. The Kier molecular flexibility index (Phi) is 10.8. The van der Waals surface area contributed by atoms with Gasteiger partial charge in [0.1, 0.15) is 5.82 Å². The van der Waals surface area contributed by atoms with E-state index < -0.39 is 0 Å². The largest absolute Gasteiger partial charge is 0.298 e. The zero-order valence-electron chi connectivity index (χ0n) is 17.8. The standard InChI is InChI=1S/C17H17N3.C5H12.C2H6/c1-13(2)15-7-3-4-8-16(15)17-19-10-11-20(17)14-6-5-9-18-12-14;1-3-5-4-2;1-2/h3-13H,1-2H3;3-5H2,1-2H3;1-2H3. The first-order chi connectivity index (χ1) is 13.2. The molecule has 3 nitrogen and oxygen atoms in total. The molecule has 0 aliphatic rings. The Bertz CT molecular complexity index is 743. The lowest BCUT2D eigenvalue weighted by atomic mass is 9.97. The third-order valence-electron chi connectivity index (χ3n) is 4.10. The maximum Gasteiger partial charge on any atom is 0.144 e. The number of benzene rings is 1. The number of imidazole rings is 1. The summed E-state index contributed by atoms with van der Waals surface area (Å²) < 4.78 is 2.08. The highest BCUT2D eigenvalue weighted by atomic mass is 15.1. The van der Waals surface area contributed by atoms with Crippen molar-refractivity contribution < 1.29 is 0 Å². The molecule has 3 aromatic rings. The van der Waals surface area contributed by atoms with Crippen LogP contribution in [0.1, 0.15) is 72.3 Å². The second kappa shape index (κ2) is 12.9. The predicted octanol–water partition coefficient (Wildman–Crippen LogP) is 7.28. The molecule has 0 amide bonds. The van der Waals surface area contributed by atoms with Crippen LogP contribution in [0.15, 0.2) is 61.2 Å². The van der Waals surface area contributed by atoms with Crippen LogP contribution < -0.4 is 0 Å². The summed E-state index contributed by atoms with van der Waals surface area (Å²) in [6.07, 6.45) is 11.5. The molecule has 1 aromatic carbocycles. The van der Waals surface area contributed by atoms with Gasteiger partial charge >= 0.3 is 0 Å². The first-order valence-electron chi connectivity index (χ1n) is 10.2. The lowest BCUT2D eigenvalue weighted by Gasteiger charge is -2.14. The number of hydrogen-bond acceptors (Lipinski definition) is 2. The molecule has 0 atom stereocenters. The van der Waals surface area contributed by atoms with E-state index in [1.807, 2.05) is 44.6 Å².